The van der Waals surface area contributed by atoms with Crippen LogP contribution in [0, 0.1) is 23.7 Å². The van der Waals surface area contributed by atoms with Gasteiger partial charge in [-0.3, -0.25) is 53.0 Å². The topological polar surface area (TPSA) is 317 Å². The zero-order valence-electron chi connectivity index (χ0n) is 50.2. The van der Waals surface area contributed by atoms with E-state index in [4.69, 9.17) is 11.6 Å². The van der Waals surface area contributed by atoms with Crippen molar-refractivity contribution in [3.63, 3.8) is 0 Å². The van der Waals surface area contributed by atoms with Gasteiger partial charge < -0.3 is 52.8 Å². The molecule has 10 amide bonds. The van der Waals surface area contributed by atoms with Crippen LogP contribution in [-0.2, 0) is 60.8 Å². The fourth-order valence-electron chi connectivity index (χ4n) is 11.1. The Hall–Kier alpha value is -6.94. The Morgan fingerprint density at radius 3 is 1.34 bits per heavy atom. The first-order chi connectivity index (χ1) is 39.4. The van der Waals surface area contributed by atoms with Crippen LogP contribution in [0.5, 0.6) is 0 Å². The Balaban J connectivity index is 1.60. The lowest BCUT2D eigenvalue weighted by molar-refractivity contribution is -0.150. The van der Waals surface area contributed by atoms with Gasteiger partial charge in [-0.05, 0) is 99.1 Å². The van der Waals surface area contributed by atoms with Gasteiger partial charge in [0, 0.05) is 25.9 Å². The van der Waals surface area contributed by atoms with E-state index in [1.807, 2.05) is 52.8 Å². The van der Waals surface area contributed by atoms with Gasteiger partial charge in [0.05, 0.1) is 0 Å². The third-order valence-electron chi connectivity index (χ3n) is 15.7. The molecule has 3 fully saturated rings. The molecule has 11 N–H and O–H groups in total. The Morgan fingerprint density at radius 2 is 0.880 bits per heavy atom. The summed E-state index contributed by atoms with van der Waals surface area (Å²) in [4.78, 5) is 149. The van der Waals surface area contributed by atoms with E-state index >= 15 is 4.79 Å². The van der Waals surface area contributed by atoms with E-state index in [0.717, 1.165) is 5.01 Å². The average molecular weight is 1160 g/mol. The summed E-state index contributed by atoms with van der Waals surface area (Å²) in [5, 5.41) is 20.8. The lowest BCUT2D eigenvalue weighted by Crippen LogP contribution is -2.63. The number of nitrogens with zero attached hydrogens (tertiary/aromatic N) is 3. The van der Waals surface area contributed by atoms with Crippen molar-refractivity contribution in [2.75, 3.05) is 19.6 Å². The van der Waals surface area contributed by atoms with Crippen molar-refractivity contribution in [2.24, 2.45) is 35.2 Å². The molecule has 83 heavy (non-hydrogen) atoms. The number of unbranched alkanes of at least 4 members (excludes halogenated alkanes) is 1. The van der Waals surface area contributed by atoms with Crippen molar-refractivity contribution in [2.45, 2.75) is 206 Å². The van der Waals surface area contributed by atoms with Crippen LogP contribution in [-0.4, -0.2) is 154 Å². The molecule has 22 heteroatoms. The van der Waals surface area contributed by atoms with Crippen molar-refractivity contribution in [1.82, 2.24) is 52.0 Å². The first kappa shape index (κ1) is 66.9. The van der Waals surface area contributed by atoms with Gasteiger partial charge in [0.2, 0.25) is 53.2 Å². The molecule has 3 saturated heterocycles. The van der Waals surface area contributed by atoms with Crippen molar-refractivity contribution in [1.29, 1.82) is 0 Å². The minimum Gasteiger partial charge on any atom is -0.343 e. The van der Waals surface area contributed by atoms with E-state index in [1.165, 1.54) is 9.80 Å². The summed E-state index contributed by atoms with van der Waals surface area (Å²) in [6.45, 7) is 16.7. The predicted molar refractivity (Wildman–Crippen MR) is 314 cm³/mol. The summed E-state index contributed by atoms with van der Waals surface area (Å²) in [6, 6.07) is 5.96. The van der Waals surface area contributed by atoms with Gasteiger partial charge in [-0.15, -0.1) is 0 Å². The zero-order valence-corrected chi connectivity index (χ0v) is 50.2. The van der Waals surface area contributed by atoms with E-state index in [0.29, 0.717) is 36.8 Å². The van der Waals surface area contributed by atoms with E-state index in [-0.39, 0.29) is 89.3 Å². The summed E-state index contributed by atoms with van der Waals surface area (Å²) < 4.78 is 0. The Kier molecular flexibility index (Phi) is 25.9. The number of hydrazine groups is 1. The zero-order chi connectivity index (χ0) is 61.1. The van der Waals surface area contributed by atoms with Gasteiger partial charge in [0.15, 0.2) is 0 Å². The second-order valence-electron chi connectivity index (χ2n) is 24.1. The maximum atomic E-state index is 15.1. The Morgan fingerprint density at radius 1 is 0.470 bits per heavy atom. The minimum atomic E-state index is -1.38. The van der Waals surface area contributed by atoms with Crippen molar-refractivity contribution < 1.29 is 47.9 Å². The molecule has 0 bridgehead atoms. The first-order valence-corrected chi connectivity index (χ1v) is 30.0. The van der Waals surface area contributed by atoms with Crippen molar-refractivity contribution in [3.05, 3.63) is 71.8 Å². The quantitative estimate of drug-likeness (QED) is 0.0864. The summed E-state index contributed by atoms with van der Waals surface area (Å²) in [5.74, 6) is -1.18. The highest BCUT2D eigenvalue weighted by molar-refractivity contribution is 6.00. The second kappa shape index (κ2) is 32.2. The molecule has 458 valence electrons. The lowest BCUT2D eigenvalue weighted by atomic mass is 9.98. The first-order valence-electron chi connectivity index (χ1n) is 30.0. The van der Waals surface area contributed by atoms with Gasteiger partial charge in [0.25, 0.3) is 5.91 Å². The van der Waals surface area contributed by atoms with E-state index in [9.17, 15) is 43.2 Å². The molecule has 10 atom stereocenters. The van der Waals surface area contributed by atoms with Crippen LogP contribution in [0.1, 0.15) is 144 Å². The van der Waals surface area contributed by atoms with E-state index in [1.54, 1.807) is 70.2 Å². The van der Waals surface area contributed by atoms with Crippen LogP contribution < -0.4 is 48.8 Å². The molecule has 2 aromatic rings. The molecule has 5 rings (SSSR count). The van der Waals surface area contributed by atoms with Crippen LogP contribution in [0.2, 0.25) is 0 Å². The van der Waals surface area contributed by atoms with Crippen molar-refractivity contribution >= 4 is 59.1 Å². The molecule has 0 radical (unpaired) electrons. The Bertz CT molecular complexity index is 2530. The number of fused-ring (bicyclic) bond motifs is 2. The summed E-state index contributed by atoms with van der Waals surface area (Å²) in [7, 11) is 0. The third-order valence-corrected chi connectivity index (χ3v) is 15.7. The van der Waals surface area contributed by atoms with Crippen LogP contribution in [0.25, 0.3) is 0 Å². The molecule has 0 saturated carbocycles. The smallest absolute Gasteiger partial charge is 0.259 e. The fraction of sp³-hybridized carbons (Fsp3) is 0.639. The molecule has 22 nitrogen and oxygen atoms in total. The molecular weight excluding hydrogens is 1060 g/mol. The maximum absolute atomic E-state index is 15.1. The number of carbonyl (C=O) groups excluding carboxylic acids is 10. The molecule has 3 heterocycles. The van der Waals surface area contributed by atoms with Crippen LogP contribution in [0.15, 0.2) is 60.7 Å². The molecule has 0 aromatic heterocycles. The normalized spacial score (nSPS) is 26.5. The summed E-state index contributed by atoms with van der Waals surface area (Å²) in [6.07, 6.45) is 3.22. The van der Waals surface area contributed by atoms with Gasteiger partial charge in [-0.2, -0.15) is 0 Å². The van der Waals surface area contributed by atoms with Gasteiger partial charge in [-0.25, -0.2) is 5.84 Å². The number of rotatable bonds is 16. The largest absolute Gasteiger partial charge is 0.343 e. The number of amides is 10. The van der Waals surface area contributed by atoms with Gasteiger partial charge in [0.1, 0.15) is 60.4 Å². The fourth-order valence-corrected chi connectivity index (χ4v) is 11.1. The summed E-state index contributed by atoms with van der Waals surface area (Å²) >= 11 is 0. The molecule has 0 spiro atoms. The standard InChI is InChI=1S/C61H94N12O10/c1-10-11-25-42-52(74)66-44(32-36(2)3)54(76)68-46(34-40-21-14-12-15-22-40)59(81)71-30-19-27-47(71)55(77)69-51(39(8)9)58(80)65-43(26-18-29-62)53(75)67-45(33-37(4)5)60(82)73(63)49(35-41-23-16-13-17-24-41)61(83)72-31-20-28-48(72)56(78)70-50(38(6)7)57(79)64-42/h12-17,21-24,36-39,42-51H,10-11,18-20,25-35,62-63H2,1-9H3,(H,64,79)(H,65,80)(H,66,74)(H,67,75)(H,68,76)(H,69,77)(H,70,78)/t42-,43-,44-,45-,46+,47-,48-,49+,50-,51-/m0/s1. The SMILES string of the molecule is CCCC[C@@H]1NC(=O)[C@H](C(C)C)NC(=O)[C@@H]2CCCN2C(=O)[C@@H](Cc2ccccc2)N(N)C(=O)[C@H](CC(C)C)NC(=O)[C@H](CCCN)NC(=O)[C@H](C(C)C)NC(=O)[C@@H]2CCCN2C(=O)[C@@H](Cc2ccccc2)NC(=O)[C@H](CC(C)C)NC1=O. The highest BCUT2D eigenvalue weighted by Gasteiger charge is 2.44. The van der Waals surface area contributed by atoms with E-state index < -0.39 is 131 Å². The molecule has 0 aliphatic carbocycles. The number of hydrogen-bond acceptors (Lipinski definition) is 12. The third kappa shape index (κ3) is 19.0. The molecule has 2 aromatic carbocycles. The molecule has 3 aliphatic rings. The molecule has 3 aliphatic heterocycles. The highest BCUT2D eigenvalue weighted by atomic mass is 16.2. The molecular formula is C61H94N12O10. The number of benzene rings is 2. The van der Waals surface area contributed by atoms with E-state index in [2.05, 4.69) is 37.2 Å². The average Bonchev–Trinajstić information content (AvgIpc) is 4.22. The molecule has 0 unspecified atom stereocenters. The van der Waals surface area contributed by atoms with Crippen LogP contribution in [0.3, 0.4) is 0 Å². The van der Waals surface area contributed by atoms with Gasteiger partial charge >= 0.3 is 0 Å². The minimum absolute atomic E-state index is 0.0351. The maximum Gasteiger partial charge on any atom is 0.259 e. The Labute approximate surface area is 490 Å². The predicted octanol–water partition coefficient (Wildman–Crippen LogP) is 2.27. The monoisotopic (exact) mass is 1150 g/mol. The number of hydrogen-bond donors (Lipinski definition) is 9. The van der Waals surface area contributed by atoms with Gasteiger partial charge in [-0.1, -0.05) is 136 Å². The van der Waals surface area contributed by atoms with Crippen LogP contribution >= 0.6 is 0 Å². The number of nitrogens with two attached hydrogens (primary N) is 2. The number of carbonyl (C=O) groups is 10. The second-order valence-corrected chi connectivity index (χ2v) is 24.1. The lowest BCUT2D eigenvalue weighted by Gasteiger charge is -2.35. The van der Waals surface area contributed by atoms with Crippen LogP contribution in [0.4, 0.5) is 0 Å². The highest BCUT2D eigenvalue weighted by Crippen LogP contribution is 2.25. The summed E-state index contributed by atoms with van der Waals surface area (Å²) in [5.41, 5.74) is 7.30. The number of nitrogens with one attached hydrogen (secondary N) is 7. The van der Waals surface area contributed by atoms with Crippen molar-refractivity contribution in [3.8, 4) is 0 Å².